The molecule has 0 aliphatic carbocycles. The predicted octanol–water partition coefficient (Wildman–Crippen LogP) is -8.29. The van der Waals surface area contributed by atoms with Crippen molar-refractivity contribution in [3.05, 3.63) is 24.3 Å². The Balaban J connectivity index is -0.0000000408. The minimum Gasteiger partial charge on any atom is -1.00 e. The Labute approximate surface area is 134 Å². The summed E-state index contributed by atoms with van der Waals surface area (Å²) in [4.78, 5) is 21.0. The van der Waals surface area contributed by atoms with Gasteiger partial charge in [-0.3, -0.25) is 9.59 Å². The molecule has 0 aromatic heterocycles. The average Bonchev–Trinajstić information content (AvgIpc) is 2.20. The van der Waals surface area contributed by atoms with E-state index in [1.807, 2.05) is 13.8 Å². The summed E-state index contributed by atoms with van der Waals surface area (Å²) in [7, 11) is 3.50. The molecule has 0 unspecified atom stereocenters. The fourth-order valence-corrected chi connectivity index (χ4v) is 0.838. The van der Waals surface area contributed by atoms with Gasteiger partial charge in [-0.15, -0.1) is 0 Å². The Hall–Kier alpha value is -0.730. The Morgan fingerprint density at radius 2 is 1.05 bits per heavy atom. The first kappa shape index (κ1) is 36.5. The van der Waals surface area contributed by atoms with Gasteiger partial charge in [0.25, 0.3) is 0 Å². The molecule has 0 rings (SSSR count). The van der Waals surface area contributed by atoms with E-state index < -0.39 is 0 Å². The van der Waals surface area contributed by atoms with E-state index in [1.165, 1.54) is 0 Å². The van der Waals surface area contributed by atoms with Gasteiger partial charge in [-0.2, -0.15) is 0 Å². The van der Waals surface area contributed by atoms with Gasteiger partial charge in [0.2, 0.25) is 0 Å². The molecule has 0 heterocycles. The molecule has 4 nitrogen and oxygen atoms in total. The van der Waals surface area contributed by atoms with Gasteiger partial charge in [0.05, 0.1) is 13.1 Å². The summed E-state index contributed by atoms with van der Waals surface area (Å²) < 4.78 is 0. The second-order valence-corrected chi connectivity index (χ2v) is 2.99. The van der Waals surface area contributed by atoms with Gasteiger partial charge >= 0.3 is 0 Å². The van der Waals surface area contributed by atoms with Gasteiger partial charge in [0.15, 0.2) is 11.6 Å². The van der Waals surface area contributed by atoms with Crippen molar-refractivity contribution >= 4 is 11.6 Å². The Bertz CT molecular complexity index is 237. The molecule has 0 fully saturated rings. The van der Waals surface area contributed by atoms with Crippen molar-refractivity contribution in [1.82, 2.24) is 10.6 Å². The van der Waals surface area contributed by atoms with Crippen molar-refractivity contribution in [3.8, 4) is 0 Å². The van der Waals surface area contributed by atoms with Crippen LogP contribution in [0.3, 0.4) is 0 Å². The van der Waals surface area contributed by atoms with E-state index in [2.05, 4.69) is 10.6 Å². The van der Waals surface area contributed by atoms with Crippen LogP contribution in [-0.2, 0) is 32.0 Å². The monoisotopic (exact) mass is 464 g/mol. The van der Waals surface area contributed by atoms with E-state index in [9.17, 15) is 9.59 Å². The summed E-state index contributed by atoms with van der Waals surface area (Å²) >= 11 is 0. The van der Waals surface area contributed by atoms with Crippen LogP contribution in [0.25, 0.3) is 0 Å². The number of rotatable bonds is 6. The van der Waals surface area contributed by atoms with E-state index in [0.29, 0.717) is 13.1 Å². The molecule has 1 radical (unpaired) electrons. The Morgan fingerprint density at radius 1 is 0.800 bits per heavy atom. The first-order valence-electron chi connectivity index (χ1n) is 5.22. The van der Waals surface area contributed by atoms with Gasteiger partial charge in [-0.05, 0) is 40.1 Å². The molecule has 20 heavy (non-hydrogen) atoms. The van der Waals surface area contributed by atoms with Crippen LogP contribution in [0.4, 0.5) is 0 Å². The summed E-state index contributed by atoms with van der Waals surface area (Å²) in [5.74, 6) is 0.241. The number of carbonyl (C=O) groups excluding carboxylic acids is 2. The van der Waals surface area contributed by atoms with E-state index in [4.69, 9.17) is 0 Å². The summed E-state index contributed by atoms with van der Waals surface area (Å²) in [5.41, 5.74) is 0. The van der Waals surface area contributed by atoms with Gasteiger partial charge < -0.3 is 24.7 Å². The summed E-state index contributed by atoms with van der Waals surface area (Å²) in [6.45, 7) is 4.52. The molecule has 0 spiro atoms. The van der Waals surface area contributed by atoms with Gasteiger partial charge in [-0.25, -0.2) is 0 Å². The number of nitrogens with one attached hydrogen (secondary N) is 2. The third-order valence-electron chi connectivity index (χ3n) is 1.41. The zero-order valence-electron chi connectivity index (χ0n) is 12.1. The quantitative estimate of drug-likeness (QED) is 0.384. The van der Waals surface area contributed by atoms with Crippen LogP contribution in [0.5, 0.6) is 0 Å². The maximum atomic E-state index is 10.5. The fourth-order valence-electron chi connectivity index (χ4n) is 0.838. The molecule has 0 atom stereocenters. The Morgan fingerprint density at radius 3 is 1.20 bits per heavy atom. The summed E-state index contributed by atoms with van der Waals surface area (Å²) in [5, 5.41) is 5.50. The number of likely N-dealkylation sites (N-methyl/N-ethyl adjacent to an activating group) is 2. The van der Waals surface area contributed by atoms with Gasteiger partial charge in [-0.1, -0.05) is 12.2 Å². The van der Waals surface area contributed by atoms with E-state index in [-0.39, 0.29) is 48.1 Å². The van der Waals surface area contributed by atoms with E-state index in [0.717, 1.165) is 0 Å². The van der Waals surface area contributed by atoms with Gasteiger partial charge in [0, 0.05) is 22.4 Å². The third-order valence-corrected chi connectivity index (χ3v) is 1.41. The molecule has 121 valence electrons. The molecule has 0 saturated heterocycles. The topological polar surface area (TPSA) is 58.2 Å². The molecule has 0 saturated carbocycles. The predicted molar refractivity (Wildman–Crippen MR) is 67.5 cm³/mol. The zero-order valence-corrected chi connectivity index (χ0v) is 15.3. The molecule has 2 N–H and O–H groups in total. The average molecular weight is 464 g/mol. The summed E-state index contributed by atoms with van der Waals surface area (Å²) in [6.07, 6.45) is 6.58. The van der Waals surface area contributed by atoms with Crippen molar-refractivity contribution in [2.45, 2.75) is 13.8 Å². The first-order chi connectivity index (χ1) is 7.62. The van der Waals surface area contributed by atoms with Crippen LogP contribution >= 0.6 is 0 Å². The van der Waals surface area contributed by atoms with Crippen LogP contribution < -0.4 is 24.7 Å². The minimum absolute atomic E-state index is 0. The summed E-state index contributed by atoms with van der Waals surface area (Å²) in [6, 6.07) is 0. The molecule has 0 aliphatic heterocycles. The maximum absolute atomic E-state index is 10.5. The number of carbonyl (C=O) groups is 2. The minimum atomic E-state index is 0. The molecule has 0 aliphatic rings. The van der Waals surface area contributed by atoms with E-state index >= 15 is 0 Å². The number of allylic oxidation sites excluding steroid dienone is 2. The molecular weight excluding hydrogens is 442 g/mol. The van der Waals surface area contributed by atoms with E-state index in [1.54, 1.807) is 38.4 Å². The SMILES string of the molecule is CC=CC(=O)CNC.CC=CC(=O)CNC.[F-].[F-].[F-].[Ta]. The number of hydrogen-bond acceptors (Lipinski definition) is 4. The van der Waals surface area contributed by atoms with Crippen molar-refractivity contribution in [3.63, 3.8) is 0 Å². The second-order valence-electron chi connectivity index (χ2n) is 2.99. The molecule has 0 aromatic rings. The van der Waals surface area contributed by atoms with Crippen LogP contribution in [0.1, 0.15) is 13.8 Å². The van der Waals surface area contributed by atoms with Crippen molar-refractivity contribution < 1.29 is 46.1 Å². The van der Waals surface area contributed by atoms with Crippen LogP contribution in [0.15, 0.2) is 24.3 Å². The molecule has 0 bridgehead atoms. The fraction of sp³-hybridized carbons (Fsp3) is 0.500. The molecule has 0 aromatic carbocycles. The van der Waals surface area contributed by atoms with Crippen molar-refractivity contribution in [2.75, 3.05) is 27.2 Å². The normalized spacial score (nSPS) is 8.20. The maximum Gasteiger partial charge on any atom is 0.169 e. The number of hydrogen-bond donors (Lipinski definition) is 2. The number of ketones is 2. The smallest absolute Gasteiger partial charge is 0.169 e. The second kappa shape index (κ2) is 30.9. The largest absolute Gasteiger partial charge is 1.00 e. The Kier molecular flexibility index (Phi) is 56.5. The number of halogens is 3. The first-order valence-corrected chi connectivity index (χ1v) is 5.22. The van der Waals surface area contributed by atoms with Crippen LogP contribution in [-0.4, -0.2) is 38.8 Å². The van der Waals surface area contributed by atoms with Crippen LogP contribution in [0.2, 0.25) is 0 Å². The van der Waals surface area contributed by atoms with Gasteiger partial charge in [0.1, 0.15) is 0 Å². The molecular formula is C12H22F3N2O2Ta-3. The molecule has 0 amide bonds. The molecule has 8 heteroatoms. The van der Waals surface area contributed by atoms with Crippen LogP contribution in [0, 0.1) is 0 Å². The van der Waals surface area contributed by atoms with Crippen molar-refractivity contribution in [1.29, 1.82) is 0 Å². The zero-order chi connectivity index (χ0) is 12.8. The van der Waals surface area contributed by atoms with Crippen molar-refractivity contribution in [2.24, 2.45) is 0 Å². The standard InChI is InChI=1S/2C6H11NO.3FH.Ta/c2*1-3-4-6(8)5-7-2;;;;/h2*3-4,7H,5H2,1-2H3;3*1H;/p-3. The third kappa shape index (κ3) is 36.0.